The van der Waals surface area contributed by atoms with E-state index in [-0.39, 0.29) is 23.7 Å². The van der Waals surface area contributed by atoms with Crippen LogP contribution in [0.2, 0.25) is 0 Å². The Morgan fingerprint density at radius 1 is 1.26 bits per heavy atom. The number of fused-ring (bicyclic) bond motifs is 1. The van der Waals surface area contributed by atoms with Crippen LogP contribution in [0.15, 0.2) is 36.7 Å². The van der Waals surface area contributed by atoms with E-state index in [1.807, 2.05) is 33.9 Å². The van der Waals surface area contributed by atoms with Crippen LogP contribution in [0, 0.1) is 12.7 Å². The molecule has 2 aromatic heterocycles. The zero-order chi connectivity index (χ0) is 19.6. The third-order valence-corrected chi connectivity index (χ3v) is 3.95. The van der Waals surface area contributed by atoms with E-state index in [2.05, 4.69) is 20.6 Å². The molecule has 0 fully saturated rings. The van der Waals surface area contributed by atoms with Crippen molar-refractivity contribution in [2.24, 2.45) is 0 Å². The summed E-state index contributed by atoms with van der Waals surface area (Å²) in [5.74, 6) is -0.204. The molecule has 1 aromatic carbocycles. The van der Waals surface area contributed by atoms with Gasteiger partial charge in [-0.1, -0.05) is 0 Å². The summed E-state index contributed by atoms with van der Waals surface area (Å²) in [6.07, 6.45) is 3.42. The number of pyridine rings is 1. The first-order chi connectivity index (χ1) is 12.7. The number of anilines is 1. The molecule has 0 spiro atoms. The monoisotopic (exact) mass is 370 g/mol. The number of amides is 1. The van der Waals surface area contributed by atoms with E-state index in [1.165, 1.54) is 12.1 Å². The number of rotatable bonds is 5. The third-order valence-electron chi connectivity index (χ3n) is 3.95. The molecule has 142 valence electrons. The van der Waals surface area contributed by atoms with Gasteiger partial charge >= 0.3 is 0 Å². The fraction of sp³-hybridized carbons (Fsp3) is 0.300. The molecule has 3 rings (SSSR count). The lowest BCUT2D eigenvalue weighted by Crippen LogP contribution is -2.41. The molecule has 3 N–H and O–H groups in total. The summed E-state index contributed by atoms with van der Waals surface area (Å²) in [6.45, 7) is 7.97. The van der Waals surface area contributed by atoms with Crippen LogP contribution in [0.3, 0.4) is 0 Å². The van der Waals surface area contributed by atoms with Crippen LogP contribution in [0.1, 0.15) is 26.3 Å². The van der Waals surface area contributed by atoms with Gasteiger partial charge in [-0.3, -0.25) is 4.79 Å². The van der Waals surface area contributed by atoms with E-state index in [0.717, 1.165) is 10.9 Å². The van der Waals surface area contributed by atoms with Gasteiger partial charge < -0.3 is 20.4 Å². The molecule has 0 saturated carbocycles. The van der Waals surface area contributed by atoms with Gasteiger partial charge in [-0.25, -0.2) is 9.37 Å². The maximum atomic E-state index is 14.5. The van der Waals surface area contributed by atoms with Crippen LogP contribution in [0.25, 0.3) is 11.0 Å². The van der Waals surface area contributed by atoms with Gasteiger partial charge in [-0.15, -0.1) is 0 Å². The van der Waals surface area contributed by atoms with Crippen molar-refractivity contribution in [1.29, 1.82) is 0 Å². The first-order valence-corrected chi connectivity index (χ1v) is 8.68. The molecule has 6 nitrogen and oxygen atoms in total. The minimum Gasteiger partial charge on any atom is -0.453 e. The number of aryl methyl sites for hydroxylation is 1. The van der Waals surface area contributed by atoms with E-state index in [0.29, 0.717) is 17.1 Å². The highest BCUT2D eigenvalue weighted by Crippen LogP contribution is 2.32. The molecule has 2 heterocycles. The summed E-state index contributed by atoms with van der Waals surface area (Å²) in [5, 5.41) is 6.56. The molecule has 0 saturated heterocycles. The van der Waals surface area contributed by atoms with E-state index in [9.17, 15) is 9.18 Å². The molecular formula is C20H23FN4O2. The predicted molar refractivity (Wildman–Crippen MR) is 104 cm³/mol. The summed E-state index contributed by atoms with van der Waals surface area (Å²) in [7, 11) is 0. The molecule has 0 atom stereocenters. The lowest BCUT2D eigenvalue weighted by Gasteiger charge is -2.20. The summed E-state index contributed by atoms with van der Waals surface area (Å²) < 4.78 is 20.2. The molecule has 27 heavy (non-hydrogen) atoms. The van der Waals surface area contributed by atoms with Crippen LogP contribution in [0.5, 0.6) is 11.5 Å². The number of hydrogen-bond acceptors (Lipinski definition) is 4. The fourth-order valence-corrected chi connectivity index (χ4v) is 2.60. The minimum absolute atomic E-state index is 0.0777. The second kappa shape index (κ2) is 7.36. The van der Waals surface area contributed by atoms with Gasteiger partial charge in [0.2, 0.25) is 5.91 Å². The number of H-pyrrole nitrogens is 1. The Bertz CT molecular complexity index is 976. The van der Waals surface area contributed by atoms with Gasteiger partial charge in [0.25, 0.3) is 0 Å². The molecule has 0 bridgehead atoms. The number of nitrogens with zero attached hydrogens (tertiary/aromatic N) is 1. The number of benzene rings is 1. The Kier molecular flexibility index (Phi) is 5.14. The van der Waals surface area contributed by atoms with Crippen molar-refractivity contribution in [3.63, 3.8) is 0 Å². The molecule has 3 aromatic rings. The maximum absolute atomic E-state index is 14.5. The van der Waals surface area contributed by atoms with Gasteiger partial charge in [-0.05, 0) is 51.5 Å². The van der Waals surface area contributed by atoms with Crippen molar-refractivity contribution in [2.75, 3.05) is 11.9 Å². The lowest BCUT2D eigenvalue weighted by atomic mass is 10.1. The Morgan fingerprint density at radius 2 is 2.04 bits per heavy atom. The van der Waals surface area contributed by atoms with Gasteiger partial charge in [0, 0.05) is 29.7 Å². The molecule has 0 aliphatic heterocycles. The van der Waals surface area contributed by atoms with Crippen molar-refractivity contribution in [2.45, 2.75) is 33.2 Å². The number of halogens is 1. The predicted octanol–water partition coefficient (Wildman–Crippen LogP) is 4.13. The minimum atomic E-state index is -0.560. The molecule has 7 heteroatoms. The Morgan fingerprint density at radius 3 is 2.74 bits per heavy atom. The molecule has 0 radical (unpaired) electrons. The Labute approximate surface area is 157 Å². The summed E-state index contributed by atoms with van der Waals surface area (Å²) in [5.41, 5.74) is 1.84. The number of aromatic nitrogens is 2. The van der Waals surface area contributed by atoms with Crippen LogP contribution in [-0.4, -0.2) is 28.0 Å². The highest BCUT2D eigenvalue weighted by molar-refractivity contribution is 5.92. The lowest BCUT2D eigenvalue weighted by molar-refractivity contribution is -0.115. The average molecular weight is 370 g/mol. The van der Waals surface area contributed by atoms with Crippen molar-refractivity contribution < 1.29 is 13.9 Å². The number of carbonyl (C=O) groups excluding carboxylic acids is 1. The van der Waals surface area contributed by atoms with E-state index in [4.69, 9.17) is 4.74 Å². The number of ether oxygens (including phenoxy) is 1. The first-order valence-electron chi connectivity index (χ1n) is 8.68. The Hall–Kier alpha value is -2.93. The van der Waals surface area contributed by atoms with Crippen molar-refractivity contribution in [3.05, 3.63) is 48.0 Å². The van der Waals surface area contributed by atoms with Crippen LogP contribution in [0.4, 0.5) is 10.1 Å². The van der Waals surface area contributed by atoms with Crippen LogP contribution >= 0.6 is 0 Å². The quantitative estimate of drug-likeness (QED) is 0.631. The number of aromatic amines is 1. The molecule has 0 aliphatic carbocycles. The second-order valence-corrected chi connectivity index (χ2v) is 7.40. The standard InChI is InChI=1S/C20H23FN4O2/c1-12-10-23-19-18(12)16(7-8-22-19)27-15-6-5-13(9-14(15)21)25-17(26)11-24-20(2,3)4/h5-10,24H,11H2,1-4H3,(H,22,23)(H,25,26). The van der Waals surface area contributed by atoms with Crippen molar-refractivity contribution >= 4 is 22.6 Å². The van der Waals surface area contributed by atoms with E-state index >= 15 is 0 Å². The zero-order valence-electron chi connectivity index (χ0n) is 15.8. The third kappa shape index (κ3) is 4.62. The van der Waals surface area contributed by atoms with Gasteiger partial charge in [0.15, 0.2) is 11.6 Å². The maximum Gasteiger partial charge on any atom is 0.238 e. The SMILES string of the molecule is Cc1c[nH]c2nccc(Oc3ccc(NC(=O)CNC(C)(C)C)cc3F)c12. The normalized spacial score (nSPS) is 11.6. The number of hydrogen-bond donors (Lipinski definition) is 3. The molecular weight excluding hydrogens is 347 g/mol. The Balaban J connectivity index is 1.73. The fourth-order valence-electron chi connectivity index (χ4n) is 2.60. The van der Waals surface area contributed by atoms with Crippen molar-refractivity contribution in [3.8, 4) is 11.5 Å². The van der Waals surface area contributed by atoms with Crippen LogP contribution < -0.4 is 15.4 Å². The summed E-state index contributed by atoms with van der Waals surface area (Å²) >= 11 is 0. The largest absolute Gasteiger partial charge is 0.453 e. The second-order valence-electron chi connectivity index (χ2n) is 7.40. The smallest absolute Gasteiger partial charge is 0.238 e. The molecule has 1 amide bonds. The summed E-state index contributed by atoms with van der Waals surface area (Å²) in [6, 6.07) is 6.04. The highest BCUT2D eigenvalue weighted by Gasteiger charge is 2.14. The molecule has 0 unspecified atom stereocenters. The topological polar surface area (TPSA) is 79.0 Å². The summed E-state index contributed by atoms with van der Waals surface area (Å²) in [4.78, 5) is 19.2. The van der Waals surface area contributed by atoms with Crippen LogP contribution in [-0.2, 0) is 4.79 Å². The van der Waals surface area contributed by atoms with E-state index in [1.54, 1.807) is 18.3 Å². The van der Waals surface area contributed by atoms with Gasteiger partial charge in [0.05, 0.1) is 11.9 Å². The number of carbonyl (C=O) groups is 1. The first kappa shape index (κ1) is 18.8. The van der Waals surface area contributed by atoms with E-state index < -0.39 is 5.82 Å². The van der Waals surface area contributed by atoms with Gasteiger partial charge in [-0.2, -0.15) is 0 Å². The van der Waals surface area contributed by atoms with Gasteiger partial charge in [0.1, 0.15) is 11.4 Å². The van der Waals surface area contributed by atoms with Crippen molar-refractivity contribution in [1.82, 2.24) is 15.3 Å². The molecule has 0 aliphatic rings. The highest BCUT2D eigenvalue weighted by atomic mass is 19.1. The zero-order valence-corrected chi connectivity index (χ0v) is 15.8. The average Bonchev–Trinajstić information content (AvgIpc) is 2.97. The number of nitrogens with one attached hydrogen (secondary N) is 3.